The Kier molecular flexibility index (Phi) is 5.08. The number of hydrogen-bond acceptors (Lipinski definition) is 2. The van der Waals surface area contributed by atoms with Crippen LogP contribution in [0, 0.1) is 11.8 Å². The first-order valence-corrected chi connectivity index (χ1v) is 7.26. The summed E-state index contributed by atoms with van der Waals surface area (Å²) in [7, 11) is 1.60. The highest BCUT2D eigenvalue weighted by molar-refractivity contribution is 6.18. The summed E-state index contributed by atoms with van der Waals surface area (Å²) in [6.07, 6.45) is 3.57. The number of nitrogens with one attached hydrogen (secondary N) is 1. The van der Waals surface area contributed by atoms with Gasteiger partial charge >= 0.3 is 0 Å². The van der Waals surface area contributed by atoms with Crippen LogP contribution in [-0.4, -0.2) is 25.4 Å². The highest BCUT2D eigenvalue weighted by Crippen LogP contribution is 2.32. The van der Waals surface area contributed by atoms with Gasteiger partial charge in [0.05, 0.1) is 7.11 Å². The van der Waals surface area contributed by atoms with Gasteiger partial charge in [0.15, 0.2) is 0 Å². The quantitative estimate of drug-likeness (QED) is 0.843. The van der Waals surface area contributed by atoms with Crippen molar-refractivity contribution in [1.29, 1.82) is 0 Å². The molecule has 0 aromatic heterocycles. The number of hydrogen-bond donors (Lipinski definition) is 1. The third-order valence-corrected chi connectivity index (χ3v) is 4.27. The average Bonchev–Trinajstić information content (AvgIpc) is 2.92. The summed E-state index contributed by atoms with van der Waals surface area (Å²) in [6, 6.07) is 7.21. The van der Waals surface area contributed by atoms with E-state index in [-0.39, 0.29) is 5.91 Å². The minimum atomic E-state index is -0.0425. The second kappa shape index (κ2) is 6.80. The SMILES string of the molecule is COc1cccc(C(=O)NCC2CCCC2CCl)c1. The van der Waals surface area contributed by atoms with E-state index >= 15 is 0 Å². The maximum absolute atomic E-state index is 12.1. The van der Waals surface area contributed by atoms with Crippen LogP contribution in [0.15, 0.2) is 24.3 Å². The van der Waals surface area contributed by atoms with E-state index in [4.69, 9.17) is 16.3 Å². The van der Waals surface area contributed by atoms with Gasteiger partial charge in [-0.05, 0) is 42.9 Å². The molecule has 1 N–H and O–H groups in total. The molecule has 0 bridgehead atoms. The van der Waals surface area contributed by atoms with E-state index in [9.17, 15) is 4.79 Å². The third kappa shape index (κ3) is 3.63. The molecule has 0 aliphatic heterocycles. The molecule has 3 nitrogen and oxygen atoms in total. The highest BCUT2D eigenvalue weighted by atomic mass is 35.5. The first-order chi connectivity index (χ1) is 9.24. The van der Waals surface area contributed by atoms with Gasteiger partial charge in [-0.25, -0.2) is 0 Å². The van der Waals surface area contributed by atoms with E-state index in [2.05, 4.69) is 5.32 Å². The fourth-order valence-corrected chi connectivity index (χ4v) is 3.08. The summed E-state index contributed by atoms with van der Waals surface area (Å²) in [4.78, 5) is 12.1. The minimum absolute atomic E-state index is 0.0425. The van der Waals surface area contributed by atoms with Gasteiger partial charge in [0.2, 0.25) is 0 Å². The molecule has 1 aromatic rings. The van der Waals surface area contributed by atoms with E-state index < -0.39 is 0 Å². The van der Waals surface area contributed by atoms with Crippen molar-refractivity contribution in [3.05, 3.63) is 29.8 Å². The van der Waals surface area contributed by atoms with Crippen molar-refractivity contribution in [2.75, 3.05) is 19.5 Å². The topological polar surface area (TPSA) is 38.3 Å². The molecule has 104 valence electrons. The normalized spacial score (nSPS) is 22.2. The van der Waals surface area contributed by atoms with Crippen molar-refractivity contribution in [1.82, 2.24) is 5.32 Å². The lowest BCUT2D eigenvalue weighted by Crippen LogP contribution is -2.31. The maximum atomic E-state index is 12.1. The predicted octanol–water partition coefficient (Wildman–Crippen LogP) is 3.08. The number of ether oxygens (including phenoxy) is 1. The molecule has 0 radical (unpaired) electrons. The molecular weight excluding hydrogens is 262 g/mol. The van der Waals surface area contributed by atoms with Gasteiger partial charge in [-0.15, -0.1) is 11.6 Å². The Morgan fingerprint density at radius 2 is 2.21 bits per heavy atom. The summed E-state index contributed by atoms with van der Waals surface area (Å²) < 4.78 is 5.12. The van der Waals surface area contributed by atoms with Crippen molar-refractivity contribution in [2.45, 2.75) is 19.3 Å². The molecule has 4 heteroatoms. The standard InChI is InChI=1S/C15H20ClNO2/c1-19-14-7-3-4-11(8-14)15(18)17-10-13-6-2-5-12(13)9-16/h3-4,7-8,12-13H,2,5-6,9-10H2,1H3,(H,17,18). The molecule has 1 aliphatic rings. The van der Waals surface area contributed by atoms with Crippen LogP contribution in [0.3, 0.4) is 0 Å². The van der Waals surface area contributed by atoms with Crippen molar-refractivity contribution in [3.63, 3.8) is 0 Å². The molecule has 1 fully saturated rings. The number of rotatable bonds is 5. The van der Waals surface area contributed by atoms with Gasteiger partial charge < -0.3 is 10.1 Å². The van der Waals surface area contributed by atoms with Gasteiger partial charge in [0.1, 0.15) is 5.75 Å². The van der Waals surface area contributed by atoms with Gasteiger partial charge in [-0.3, -0.25) is 4.79 Å². The zero-order valence-corrected chi connectivity index (χ0v) is 12.0. The van der Waals surface area contributed by atoms with E-state index in [1.807, 2.05) is 12.1 Å². The summed E-state index contributed by atoms with van der Waals surface area (Å²) in [5.41, 5.74) is 0.639. The largest absolute Gasteiger partial charge is 0.497 e. The Balaban J connectivity index is 1.90. The van der Waals surface area contributed by atoms with E-state index in [0.29, 0.717) is 35.6 Å². The van der Waals surface area contributed by atoms with Crippen molar-refractivity contribution in [2.24, 2.45) is 11.8 Å². The molecule has 0 saturated heterocycles. The smallest absolute Gasteiger partial charge is 0.251 e. The number of amides is 1. The number of halogens is 1. The van der Waals surface area contributed by atoms with Crippen molar-refractivity contribution in [3.8, 4) is 5.75 Å². The molecule has 1 saturated carbocycles. The Bertz CT molecular complexity index is 436. The van der Waals surface area contributed by atoms with Crippen LogP contribution in [0.2, 0.25) is 0 Å². The number of alkyl halides is 1. The monoisotopic (exact) mass is 281 g/mol. The summed E-state index contributed by atoms with van der Waals surface area (Å²) in [5.74, 6) is 2.42. The molecule has 0 spiro atoms. The van der Waals surface area contributed by atoms with Gasteiger partial charge in [-0.1, -0.05) is 12.5 Å². The second-order valence-electron chi connectivity index (χ2n) is 5.05. The highest BCUT2D eigenvalue weighted by Gasteiger charge is 2.26. The van der Waals surface area contributed by atoms with Gasteiger partial charge in [-0.2, -0.15) is 0 Å². The lowest BCUT2D eigenvalue weighted by molar-refractivity contribution is 0.0944. The Hall–Kier alpha value is -1.22. The van der Waals surface area contributed by atoms with E-state index in [0.717, 1.165) is 6.42 Å². The molecule has 0 heterocycles. The van der Waals surface area contributed by atoms with Crippen LogP contribution >= 0.6 is 11.6 Å². The zero-order valence-electron chi connectivity index (χ0n) is 11.2. The number of carbonyl (C=O) groups excluding carboxylic acids is 1. The number of carbonyl (C=O) groups is 1. The predicted molar refractivity (Wildman–Crippen MR) is 76.9 cm³/mol. The van der Waals surface area contributed by atoms with Gasteiger partial charge in [0.25, 0.3) is 5.91 Å². The Morgan fingerprint density at radius 1 is 1.42 bits per heavy atom. The summed E-state index contributed by atoms with van der Waals surface area (Å²) in [5, 5.41) is 3.00. The lowest BCUT2D eigenvalue weighted by Gasteiger charge is -2.17. The van der Waals surface area contributed by atoms with Crippen LogP contribution in [0.5, 0.6) is 5.75 Å². The van der Waals surface area contributed by atoms with Crippen LogP contribution in [0.1, 0.15) is 29.6 Å². The Morgan fingerprint density at radius 3 is 2.95 bits per heavy atom. The van der Waals surface area contributed by atoms with Gasteiger partial charge in [0, 0.05) is 18.0 Å². The van der Waals surface area contributed by atoms with Crippen molar-refractivity contribution >= 4 is 17.5 Å². The van der Waals surface area contributed by atoms with Crippen molar-refractivity contribution < 1.29 is 9.53 Å². The minimum Gasteiger partial charge on any atom is -0.497 e. The number of methoxy groups -OCH3 is 1. The molecule has 1 amide bonds. The van der Waals surface area contributed by atoms with E-state index in [1.165, 1.54) is 12.8 Å². The van der Waals surface area contributed by atoms with Crippen LogP contribution < -0.4 is 10.1 Å². The fourth-order valence-electron chi connectivity index (χ4n) is 2.68. The van der Waals surface area contributed by atoms with Crippen LogP contribution in [0.4, 0.5) is 0 Å². The van der Waals surface area contributed by atoms with Crippen LogP contribution in [0.25, 0.3) is 0 Å². The fraction of sp³-hybridized carbons (Fsp3) is 0.533. The zero-order chi connectivity index (χ0) is 13.7. The van der Waals surface area contributed by atoms with Crippen LogP contribution in [-0.2, 0) is 0 Å². The molecule has 2 rings (SSSR count). The number of benzene rings is 1. The molecule has 1 aromatic carbocycles. The average molecular weight is 282 g/mol. The molecular formula is C15H20ClNO2. The summed E-state index contributed by atoms with van der Waals surface area (Å²) in [6.45, 7) is 0.716. The second-order valence-corrected chi connectivity index (χ2v) is 5.36. The molecule has 1 aliphatic carbocycles. The maximum Gasteiger partial charge on any atom is 0.251 e. The molecule has 2 unspecified atom stereocenters. The summed E-state index contributed by atoms with van der Waals surface area (Å²) >= 11 is 5.95. The first-order valence-electron chi connectivity index (χ1n) is 6.73. The molecule has 19 heavy (non-hydrogen) atoms. The molecule has 2 atom stereocenters. The van der Waals surface area contributed by atoms with E-state index in [1.54, 1.807) is 19.2 Å². The Labute approximate surface area is 119 Å². The third-order valence-electron chi connectivity index (χ3n) is 3.87. The first kappa shape index (κ1) is 14.2. The lowest BCUT2D eigenvalue weighted by atomic mass is 9.98.